The van der Waals surface area contributed by atoms with Crippen LogP contribution in [-0.4, -0.2) is 52.0 Å². The van der Waals surface area contributed by atoms with Gasteiger partial charge in [0.2, 0.25) is 11.7 Å². The van der Waals surface area contributed by atoms with E-state index in [9.17, 15) is 4.79 Å². The lowest BCUT2D eigenvalue weighted by Gasteiger charge is -2.33. The van der Waals surface area contributed by atoms with E-state index in [4.69, 9.17) is 8.94 Å². The summed E-state index contributed by atoms with van der Waals surface area (Å²) < 4.78 is 11.8. The Kier molecular flexibility index (Phi) is 4.92. The van der Waals surface area contributed by atoms with Crippen molar-refractivity contribution in [3.8, 4) is 10.7 Å². The van der Waals surface area contributed by atoms with Gasteiger partial charge in [-0.2, -0.15) is 4.98 Å². The van der Waals surface area contributed by atoms with Gasteiger partial charge in [0.25, 0.3) is 5.91 Å². The van der Waals surface area contributed by atoms with E-state index in [1.807, 2.05) is 29.3 Å². The lowest BCUT2D eigenvalue weighted by molar-refractivity contribution is 0.0583. The van der Waals surface area contributed by atoms with Crippen molar-refractivity contribution in [3.05, 3.63) is 45.5 Å². The van der Waals surface area contributed by atoms with Crippen LogP contribution in [0.5, 0.6) is 0 Å². The highest BCUT2D eigenvalue weighted by Gasteiger charge is 2.25. The molecule has 0 bridgehead atoms. The molecule has 1 aliphatic rings. The Morgan fingerprint density at radius 3 is 2.77 bits per heavy atom. The number of amides is 1. The van der Waals surface area contributed by atoms with Crippen LogP contribution in [0.15, 0.2) is 37.0 Å². The molecule has 1 saturated heterocycles. The summed E-state index contributed by atoms with van der Waals surface area (Å²) in [6.45, 7) is 5.24. The van der Waals surface area contributed by atoms with E-state index in [-0.39, 0.29) is 5.91 Å². The maximum atomic E-state index is 12.4. The standard InChI is InChI=1S/C17H17BrN4O3S/c1-11-2-3-13(24-11)17(23)22-6-4-21(5-7-22)9-15-19-16(20-25-15)14-8-12(18)10-26-14/h2-3,8,10H,4-7,9H2,1H3. The molecule has 1 amide bonds. The topological polar surface area (TPSA) is 75.6 Å². The smallest absolute Gasteiger partial charge is 0.289 e. The molecule has 0 atom stereocenters. The third-order valence-corrected chi connectivity index (χ3v) is 5.91. The largest absolute Gasteiger partial charge is 0.456 e. The van der Waals surface area contributed by atoms with Crippen LogP contribution < -0.4 is 0 Å². The zero-order chi connectivity index (χ0) is 18.1. The maximum absolute atomic E-state index is 12.4. The number of rotatable bonds is 4. The Morgan fingerprint density at radius 2 is 2.12 bits per heavy atom. The monoisotopic (exact) mass is 436 g/mol. The van der Waals surface area contributed by atoms with E-state index < -0.39 is 0 Å². The van der Waals surface area contributed by atoms with E-state index in [2.05, 4.69) is 31.0 Å². The quantitative estimate of drug-likeness (QED) is 0.623. The van der Waals surface area contributed by atoms with Crippen LogP contribution in [0, 0.1) is 6.92 Å². The van der Waals surface area contributed by atoms with Gasteiger partial charge in [-0.25, -0.2) is 0 Å². The number of hydrogen-bond donors (Lipinski definition) is 0. The van der Waals surface area contributed by atoms with Crippen molar-refractivity contribution < 1.29 is 13.7 Å². The van der Waals surface area contributed by atoms with Crippen molar-refractivity contribution in [2.45, 2.75) is 13.5 Å². The fourth-order valence-electron chi connectivity index (χ4n) is 2.86. The second-order valence-corrected chi connectivity index (χ2v) is 7.95. The number of aromatic nitrogens is 2. The first kappa shape index (κ1) is 17.4. The summed E-state index contributed by atoms with van der Waals surface area (Å²) in [5.74, 6) is 2.29. The number of aryl methyl sites for hydroxylation is 1. The second kappa shape index (κ2) is 7.34. The minimum atomic E-state index is -0.0545. The molecule has 0 radical (unpaired) electrons. The highest BCUT2D eigenvalue weighted by molar-refractivity contribution is 9.10. The van der Waals surface area contributed by atoms with Crippen molar-refractivity contribution in [1.29, 1.82) is 0 Å². The molecule has 1 aliphatic heterocycles. The Hall–Kier alpha value is -1.97. The van der Waals surface area contributed by atoms with Gasteiger partial charge in [-0.05, 0) is 41.1 Å². The number of hydrogen-bond acceptors (Lipinski definition) is 7. The summed E-state index contributed by atoms with van der Waals surface area (Å²) in [4.78, 5) is 21.9. The molecule has 1 fully saturated rings. The highest BCUT2D eigenvalue weighted by Crippen LogP contribution is 2.27. The molecule has 3 aromatic heterocycles. The molecule has 26 heavy (non-hydrogen) atoms. The third-order valence-electron chi connectivity index (χ3n) is 4.23. The van der Waals surface area contributed by atoms with Crippen LogP contribution >= 0.6 is 27.3 Å². The average Bonchev–Trinajstić information content (AvgIpc) is 3.36. The Labute approximate surface area is 162 Å². The molecule has 0 saturated carbocycles. The second-order valence-electron chi connectivity index (χ2n) is 6.12. The van der Waals surface area contributed by atoms with Crippen LogP contribution in [-0.2, 0) is 6.54 Å². The summed E-state index contributed by atoms with van der Waals surface area (Å²) in [6.07, 6.45) is 0. The Balaban J connectivity index is 1.33. The summed E-state index contributed by atoms with van der Waals surface area (Å²) >= 11 is 5.00. The minimum Gasteiger partial charge on any atom is -0.456 e. The molecule has 7 nitrogen and oxygen atoms in total. The molecular weight excluding hydrogens is 420 g/mol. The van der Waals surface area contributed by atoms with Gasteiger partial charge in [0.15, 0.2) is 5.76 Å². The molecule has 136 valence electrons. The molecule has 0 aliphatic carbocycles. The summed E-state index contributed by atoms with van der Waals surface area (Å²) in [5, 5.41) is 6.04. The molecule has 4 rings (SSSR count). The first-order valence-electron chi connectivity index (χ1n) is 8.23. The Bertz CT molecular complexity index is 911. The van der Waals surface area contributed by atoms with E-state index in [1.54, 1.807) is 17.4 Å². The number of furan rings is 1. The van der Waals surface area contributed by atoms with Gasteiger partial charge < -0.3 is 13.8 Å². The Morgan fingerprint density at radius 1 is 1.31 bits per heavy atom. The predicted molar refractivity (Wildman–Crippen MR) is 99.9 cm³/mol. The molecule has 0 aromatic carbocycles. The van der Waals surface area contributed by atoms with Gasteiger partial charge in [-0.3, -0.25) is 9.69 Å². The van der Waals surface area contributed by atoms with Gasteiger partial charge in [0, 0.05) is 36.0 Å². The number of carbonyl (C=O) groups is 1. The van der Waals surface area contributed by atoms with E-state index >= 15 is 0 Å². The van der Waals surface area contributed by atoms with E-state index in [0.717, 1.165) is 28.2 Å². The summed E-state index contributed by atoms with van der Waals surface area (Å²) in [6, 6.07) is 5.51. The zero-order valence-corrected chi connectivity index (χ0v) is 16.5. The van der Waals surface area contributed by atoms with Crippen molar-refractivity contribution in [2.24, 2.45) is 0 Å². The van der Waals surface area contributed by atoms with Gasteiger partial charge in [-0.15, -0.1) is 11.3 Å². The number of piperazine rings is 1. The van der Waals surface area contributed by atoms with Gasteiger partial charge in [-0.1, -0.05) is 5.16 Å². The van der Waals surface area contributed by atoms with Gasteiger partial charge in [0.1, 0.15) is 5.76 Å². The summed E-state index contributed by atoms with van der Waals surface area (Å²) in [5.41, 5.74) is 0. The van der Waals surface area contributed by atoms with Crippen LogP contribution in [0.25, 0.3) is 10.7 Å². The van der Waals surface area contributed by atoms with Crippen molar-refractivity contribution in [1.82, 2.24) is 19.9 Å². The predicted octanol–water partition coefficient (Wildman–Crippen LogP) is 3.42. The van der Waals surface area contributed by atoms with E-state index in [0.29, 0.717) is 37.1 Å². The third kappa shape index (κ3) is 3.74. The molecule has 4 heterocycles. The molecule has 9 heteroatoms. The average molecular weight is 437 g/mol. The molecule has 0 unspecified atom stereocenters. The van der Waals surface area contributed by atoms with Gasteiger partial charge in [0.05, 0.1) is 11.4 Å². The number of nitrogens with zero attached hydrogens (tertiary/aromatic N) is 4. The SMILES string of the molecule is Cc1ccc(C(=O)N2CCN(Cc3nc(-c4cc(Br)cs4)no3)CC2)o1. The highest BCUT2D eigenvalue weighted by atomic mass is 79.9. The van der Waals surface area contributed by atoms with Crippen molar-refractivity contribution in [2.75, 3.05) is 26.2 Å². The first-order valence-corrected chi connectivity index (χ1v) is 9.91. The van der Waals surface area contributed by atoms with Crippen LogP contribution in [0.4, 0.5) is 0 Å². The normalized spacial score (nSPS) is 15.5. The van der Waals surface area contributed by atoms with Crippen molar-refractivity contribution in [3.63, 3.8) is 0 Å². The minimum absolute atomic E-state index is 0.0545. The van der Waals surface area contributed by atoms with Crippen LogP contribution in [0.1, 0.15) is 22.2 Å². The molecular formula is C17H17BrN4O3S. The number of halogens is 1. The number of thiophene rings is 1. The zero-order valence-electron chi connectivity index (χ0n) is 14.1. The lowest BCUT2D eigenvalue weighted by atomic mass is 10.3. The maximum Gasteiger partial charge on any atom is 0.289 e. The fourth-order valence-corrected chi connectivity index (χ4v) is 4.21. The van der Waals surface area contributed by atoms with E-state index in [1.165, 1.54) is 0 Å². The van der Waals surface area contributed by atoms with Crippen LogP contribution in [0.2, 0.25) is 0 Å². The lowest BCUT2D eigenvalue weighted by Crippen LogP contribution is -2.48. The van der Waals surface area contributed by atoms with Gasteiger partial charge >= 0.3 is 0 Å². The fraction of sp³-hybridized carbons (Fsp3) is 0.353. The van der Waals surface area contributed by atoms with Crippen molar-refractivity contribution >= 4 is 33.2 Å². The molecule has 0 N–H and O–H groups in total. The number of carbonyl (C=O) groups excluding carboxylic acids is 1. The molecule has 0 spiro atoms. The summed E-state index contributed by atoms with van der Waals surface area (Å²) in [7, 11) is 0. The molecule has 3 aromatic rings. The van der Waals surface area contributed by atoms with Crippen LogP contribution in [0.3, 0.4) is 0 Å². The first-order chi connectivity index (χ1) is 12.6.